The lowest BCUT2D eigenvalue weighted by atomic mass is 10.1. The average Bonchev–Trinajstić information content (AvgIpc) is 2.45. The van der Waals surface area contributed by atoms with Crippen LogP contribution in [0.5, 0.6) is 0 Å². The summed E-state index contributed by atoms with van der Waals surface area (Å²) in [6.45, 7) is 3.46. The molecule has 0 radical (unpaired) electrons. The number of anilines is 1. The maximum absolute atomic E-state index is 13.7. The summed E-state index contributed by atoms with van der Waals surface area (Å²) in [5, 5.41) is 2.98. The van der Waals surface area contributed by atoms with E-state index in [1.807, 2.05) is 0 Å². The molecule has 110 valence electrons. The van der Waals surface area contributed by atoms with Gasteiger partial charge in [-0.05, 0) is 55.3 Å². The summed E-state index contributed by atoms with van der Waals surface area (Å²) in [4.78, 5) is 12.5. The minimum Gasteiger partial charge on any atom is -0.325 e. The van der Waals surface area contributed by atoms with E-state index in [2.05, 4.69) is 5.32 Å². The highest BCUT2D eigenvalue weighted by Crippen LogP contribution is 2.26. The molecule has 0 bridgehead atoms. The molecule has 0 spiro atoms. The lowest BCUT2D eigenvalue weighted by Crippen LogP contribution is -2.12. The molecule has 0 heterocycles. The third-order valence-electron chi connectivity index (χ3n) is 3.15. The maximum atomic E-state index is 13.7. The van der Waals surface area contributed by atoms with Gasteiger partial charge in [-0.3, -0.25) is 4.79 Å². The molecule has 0 fully saturated rings. The smallest absolute Gasteiger partial charge is 0.255 e. The van der Waals surface area contributed by atoms with Gasteiger partial charge in [-0.1, -0.05) is 11.6 Å². The van der Waals surface area contributed by atoms with Crippen LogP contribution >= 0.6 is 23.6 Å². The zero-order valence-corrected chi connectivity index (χ0v) is 13.0. The lowest BCUT2D eigenvalue weighted by Gasteiger charge is -2.09. The predicted molar refractivity (Wildman–Crippen MR) is 83.8 cm³/mol. The molecule has 0 unspecified atom stereocenters. The Morgan fingerprint density at radius 1 is 1.29 bits per heavy atom. The van der Waals surface area contributed by atoms with Crippen LogP contribution in [0.1, 0.15) is 21.5 Å². The van der Waals surface area contributed by atoms with Crippen LogP contribution in [-0.4, -0.2) is 10.5 Å². The Hall–Kier alpha value is -1.56. The molecule has 0 aliphatic heterocycles. The Morgan fingerprint density at radius 3 is 2.62 bits per heavy atom. The van der Waals surface area contributed by atoms with Crippen LogP contribution in [0.2, 0.25) is 5.02 Å². The number of nitrogens with one attached hydrogen (secondary N) is 1. The molecule has 21 heavy (non-hydrogen) atoms. The van der Waals surface area contributed by atoms with Crippen molar-refractivity contribution < 1.29 is 13.7 Å². The highest BCUT2D eigenvalue weighted by Gasteiger charge is 2.11. The Kier molecular flexibility index (Phi) is 4.88. The second-order valence-corrected chi connectivity index (χ2v) is 5.62. The van der Waals surface area contributed by atoms with Crippen LogP contribution in [0, 0.1) is 19.7 Å². The highest BCUT2D eigenvalue weighted by atomic mass is 35.5. The molecular weight excluding hydrogens is 313 g/mol. The molecule has 0 aromatic heterocycles. The predicted octanol–water partition coefficient (Wildman–Crippen LogP) is 4.91. The summed E-state index contributed by atoms with van der Waals surface area (Å²) in [6.07, 6.45) is 0. The maximum Gasteiger partial charge on any atom is 0.255 e. The van der Waals surface area contributed by atoms with Gasteiger partial charge in [-0.25, -0.2) is 4.39 Å². The Morgan fingerprint density at radius 2 is 2.00 bits per heavy atom. The van der Waals surface area contributed by atoms with Crippen molar-refractivity contribution in [2.45, 2.75) is 18.7 Å². The SMILES string of the molecule is Cc1cc(NC(=O)c2ccc(Cl)c(SO)c2)cc(F)c1C. The number of rotatable bonds is 3. The summed E-state index contributed by atoms with van der Waals surface area (Å²) in [6, 6.07) is 7.51. The summed E-state index contributed by atoms with van der Waals surface area (Å²) in [7, 11) is 0. The summed E-state index contributed by atoms with van der Waals surface area (Å²) < 4.78 is 22.7. The first kappa shape index (κ1) is 15.8. The van der Waals surface area contributed by atoms with Crippen LogP contribution in [0.25, 0.3) is 0 Å². The van der Waals surface area contributed by atoms with Crippen LogP contribution in [0.4, 0.5) is 10.1 Å². The fourth-order valence-corrected chi connectivity index (χ4v) is 2.36. The number of carbonyl (C=O) groups excluding carboxylic acids is 1. The molecule has 3 nitrogen and oxygen atoms in total. The van der Waals surface area contributed by atoms with Gasteiger partial charge in [0.05, 0.1) is 9.92 Å². The van der Waals surface area contributed by atoms with E-state index < -0.39 is 5.91 Å². The number of hydrogen-bond acceptors (Lipinski definition) is 3. The van der Waals surface area contributed by atoms with Gasteiger partial charge >= 0.3 is 0 Å². The van der Waals surface area contributed by atoms with Crippen molar-refractivity contribution in [2.24, 2.45) is 0 Å². The lowest BCUT2D eigenvalue weighted by molar-refractivity contribution is 0.102. The minimum atomic E-state index is -0.399. The summed E-state index contributed by atoms with van der Waals surface area (Å²) >= 11 is 6.33. The van der Waals surface area contributed by atoms with Crippen molar-refractivity contribution in [2.75, 3.05) is 5.32 Å². The van der Waals surface area contributed by atoms with Gasteiger partial charge in [0.15, 0.2) is 0 Å². The molecule has 0 saturated carbocycles. The molecule has 2 rings (SSSR count). The first-order valence-electron chi connectivity index (χ1n) is 6.11. The van der Waals surface area contributed by atoms with E-state index in [1.54, 1.807) is 19.9 Å². The van der Waals surface area contributed by atoms with Crippen molar-refractivity contribution in [3.8, 4) is 0 Å². The third-order valence-corrected chi connectivity index (χ3v) is 4.13. The van der Waals surface area contributed by atoms with Gasteiger partial charge in [-0.2, -0.15) is 0 Å². The molecule has 0 saturated heterocycles. The molecule has 2 N–H and O–H groups in total. The highest BCUT2D eigenvalue weighted by molar-refractivity contribution is 7.93. The Labute approximate surface area is 131 Å². The van der Waals surface area contributed by atoms with E-state index >= 15 is 0 Å². The van der Waals surface area contributed by atoms with Gasteiger partial charge in [-0.15, -0.1) is 0 Å². The molecule has 0 aliphatic carbocycles. The molecular formula is C15H13ClFNO2S. The first-order valence-corrected chi connectivity index (χ1v) is 7.26. The van der Waals surface area contributed by atoms with Crippen LogP contribution in [0.3, 0.4) is 0 Å². The number of aryl methyl sites for hydroxylation is 1. The average molecular weight is 326 g/mol. The third kappa shape index (κ3) is 3.56. The van der Waals surface area contributed by atoms with Crippen molar-refractivity contribution >= 4 is 35.2 Å². The van der Waals surface area contributed by atoms with Crippen LogP contribution in [0.15, 0.2) is 35.2 Å². The Bertz CT molecular complexity index is 683. The van der Waals surface area contributed by atoms with E-state index in [1.165, 1.54) is 24.3 Å². The second-order valence-electron chi connectivity index (χ2n) is 4.59. The van der Waals surface area contributed by atoms with E-state index in [9.17, 15) is 9.18 Å². The fourth-order valence-electron chi connectivity index (χ4n) is 1.81. The largest absolute Gasteiger partial charge is 0.325 e. The first-order chi connectivity index (χ1) is 9.92. The van der Waals surface area contributed by atoms with Crippen molar-refractivity contribution in [3.05, 3.63) is 57.9 Å². The second kappa shape index (κ2) is 6.47. The number of amides is 1. The Balaban J connectivity index is 2.26. The molecule has 6 heteroatoms. The molecule has 1 amide bonds. The topological polar surface area (TPSA) is 49.3 Å². The molecule has 0 atom stereocenters. The zero-order chi connectivity index (χ0) is 15.6. The quantitative estimate of drug-likeness (QED) is 0.788. The summed E-state index contributed by atoms with van der Waals surface area (Å²) in [5.74, 6) is -0.766. The normalized spacial score (nSPS) is 10.5. The van der Waals surface area contributed by atoms with E-state index in [0.717, 1.165) is 5.56 Å². The van der Waals surface area contributed by atoms with Gasteiger partial charge in [0.25, 0.3) is 5.91 Å². The van der Waals surface area contributed by atoms with Crippen molar-refractivity contribution in [3.63, 3.8) is 0 Å². The number of halogens is 2. The van der Waals surface area contributed by atoms with Gasteiger partial charge in [0, 0.05) is 23.3 Å². The number of hydrogen-bond donors (Lipinski definition) is 2. The van der Waals surface area contributed by atoms with E-state index in [-0.39, 0.29) is 5.82 Å². The monoisotopic (exact) mass is 325 g/mol. The van der Waals surface area contributed by atoms with Crippen LogP contribution in [-0.2, 0) is 0 Å². The van der Waals surface area contributed by atoms with Crippen LogP contribution < -0.4 is 5.32 Å². The van der Waals surface area contributed by atoms with Crippen molar-refractivity contribution in [1.82, 2.24) is 0 Å². The van der Waals surface area contributed by atoms with E-state index in [0.29, 0.717) is 38.8 Å². The van der Waals surface area contributed by atoms with E-state index in [4.69, 9.17) is 16.2 Å². The molecule has 2 aromatic rings. The van der Waals surface area contributed by atoms with Gasteiger partial charge in [0.2, 0.25) is 0 Å². The summed E-state index contributed by atoms with van der Waals surface area (Å²) in [5.41, 5.74) is 2.02. The standard InChI is InChI=1S/C15H13ClFNO2S/c1-8-5-11(7-13(17)9(8)2)18-15(19)10-3-4-12(16)14(6-10)21-20/h3-7,20H,1-2H3,(H,18,19). The van der Waals surface area contributed by atoms with Gasteiger partial charge in [0.1, 0.15) is 5.82 Å². The van der Waals surface area contributed by atoms with Gasteiger partial charge < -0.3 is 9.87 Å². The fraction of sp³-hybridized carbons (Fsp3) is 0.133. The zero-order valence-electron chi connectivity index (χ0n) is 11.4. The molecule has 2 aromatic carbocycles. The minimum absolute atomic E-state index is 0.328. The number of carbonyl (C=O) groups is 1. The number of benzene rings is 2. The molecule has 0 aliphatic rings. The van der Waals surface area contributed by atoms with Crippen molar-refractivity contribution in [1.29, 1.82) is 0 Å².